The van der Waals surface area contributed by atoms with E-state index in [0.717, 1.165) is 18.6 Å². The van der Waals surface area contributed by atoms with Gasteiger partial charge in [0.25, 0.3) is 0 Å². The number of thioether (sulfide) groups is 1. The molecule has 2 fully saturated rings. The van der Waals surface area contributed by atoms with Crippen LogP contribution in [0.2, 0.25) is 0 Å². The van der Waals surface area contributed by atoms with Crippen molar-refractivity contribution in [2.24, 2.45) is 5.73 Å². The smallest absolute Gasteiger partial charge is 0.154 e. The SMILES string of the molecule is CC1CC2(CC(N)CS2)CS1(=O)=O. The zero-order chi connectivity index (χ0) is 9.69. The lowest BCUT2D eigenvalue weighted by atomic mass is 9.98. The molecule has 76 valence electrons. The molecule has 3 nitrogen and oxygen atoms in total. The van der Waals surface area contributed by atoms with Crippen molar-refractivity contribution in [1.29, 1.82) is 0 Å². The van der Waals surface area contributed by atoms with Gasteiger partial charge in [0.15, 0.2) is 9.84 Å². The lowest BCUT2D eigenvalue weighted by Crippen LogP contribution is -2.27. The Bertz CT molecular complexity index is 314. The molecule has 13 heavy (non-hydrogen) atoms. The zero-order valence-corrected chi connectivity index (χ0v) is 9.33. The molecule has 2 heterocycles. The van der Waals surface area contributed by atoms with Gasteiger partial charge in [0, 0.05) is 16.5 Å². The summed E-state index contributed by atoms with van der Waals surface area (Å²) in [5, 5.41) is -0.162. The topological polar surface area (TPSA) is 60.2 Å². The fourth-order valence-electron chi connectivity index (χ4n) is 2.34. The van der Waals surface area contributed by atoms with E-state index in [-0.39, 0.29) is 16.0 Å². The summed E-state index contributed by atoms with van der Waals surface area (Å²) in [7, 11) is -2.82. The normalized spacial score (nSPS) is 48.8. The van der Waals surface area contributed by atoms with Crippen LogP contribution in [0.25, 0.3) is 0 Å². The number of hydrogen-bond acceptors (Lipinski definition) is 4. The molecular weight excluding hydrogens is 206 g/mol. The summed E-state index contributed by atoms with van der Waals surface area (Å²) in [6, 6.07) is 0.200. The Labute approximate surface area is 83.4 Å². The summed E-state index contributed by atoms with van der Waals surface area (Å²) < 4.78 is 23.1. The van der Waals surface area contributed by atoms with E-state index in [2.05, 4.69) is 0 Å². The largest absolute Gasteiger partial charge is 0.327 e. The van der Waals surface area contributed by atoms with Crippen molar-refractivity contribution in [3.63, 3.8) is 0 Å². The van der Waals surface area contributed by atoms with Gasteiger partial charge in [-0.05, 0) is 19.8 Å². The first kappa shape index (κ1) is 9.80. The van der Waals surface area contributed by atoms with E-state index in [1.54, 1.807) is 11.8 Å². The second-order valence-corrected chi connectivity index (χ2v) is 8.19. The average molecular weight is 221 g/mol. The molecular formula is C8H15NO2S2. The summed E-state index contributed by atoms with van der Waals surface area (Å²) in [6.07, 6.45) is 1.68. The second-order valence-electron chi connectivity index (χ2n) is 4.28. The van der Waals surface area contributed by atoms with Gasteiger partial charge in [-0.3, -0.25) is 0 Å². The first-order valence-corrected chi connectivity index (χ1v) is 7.25. The molecule has 0 bridgehead atoms. The highest BCUT2D eigenvalue weighted by molar-refractivity contribution is 8.03. The summed E-state index contributed by atoms with van der Waals surface area (Å²) in [5.41, 5.74) is 5.81. The molecule has 0 amide bonds. The Kier molecular flexibility index (Phi) is 2.17. The number of hydrogen-bond donors (Lipinski definition) is 1. The van der Waals surface area contributed by atoms with Gasteiger partial charge in [0.05, 0.1) is 11.0 Å². The number of rotatable bonds is 0. The molecule has 0 radical (unpaired) electrons. The molecule has 2 aliphatic rings. The highest BCUT2D eigenvalue weighted by Gasteiger charge is 2.50. The molecule has 5 heteroatoms. The Morgan fingerprint density at radius 2 is 2.15 bits per heavy atom. The van der Waals surface area contributed by atoms with Crippen LogP contribution in [0.5, 0.6) is 0 Å². The molecule has 0 aliphatic carbocycles. The van der Waals surface area contributed by atoms with E-state index >= 15 is 0 Å². The van der Waals surface area contributed by atoms with Gasteiger partial charge < -0.3 is 5.73 Å². The summed E-state index contributed by atoms with van der Waals surface area (Å²) in [4.78, 5) is 0. The second kappa shape index (κ2) is 2.87. The van der Waals surface area contributed by atoms with Crippen molar-refractivity contribution < 1.29 is 8.42 Å². The van der Waals surface area contributed by atoms with Gasteiger partial charge in [-0.2, -0.15) is 11.8 Å². The van der Waals surface area contributed by atoms with Gasteiger partial charge in [0.2, 0.25) is 0 Å². The van der Waals surface area contributed by atoms with Gasteiger partial charge in [-0.25, -0.2) is 8.42 Å². The van der Waals surface area contributed by atoms with Crippen molar-refractivity contribution >= 4 is 21.6 Å². The molecule has 2 aliphatic heterocycles. The average Bonchev–Trinajstić information content (AvgIpc) is 2.39. The quantitative estimate of drug-likeness (QED) is 0.643. The maximum absolute atomic E-state index is 11.6. The van der Waals surface area contributed by atoms with Gasteiger partial charge in [-0.1, -0.05) is 0 Å². The standard InChI is InChI=1S/C8H15NO2S2/c1-6-2-8(5-13(6,10)11)3-7(9)4-12-8/h6-7H,2-5,9H2,1H3. The molecule has 3 unspecified atom stereocenters. The van der Waals surface area contributed by atoms with E-state index < -0.39 is 9.84 Å². The predicted octanol–water partition coefficient (Wildman–Crippen LogP) is 0.396. The van der Waals surface area contributed by atoms with Gasteiger partial charge in [0.1, 0.15) is 0 Å². The highest BCUT2D eigenvalue weighted by atomic mass is 32.2. The molecule has 2 rings (SSSR count). The van der Waals surface area contributed by atoms with Crippen LogP contribution in [-0.2, 0) is 9.84 Å². The van der Waals surface area contributed by atoms with Crippen LogP contribution < -0.4 is 5.73 Å². The Hall–Kier alpha value is 0.260. The van der Waals surface area contributed by atoms with Crippen LogP contribution in [0.3, 0.4) is 0 Å². The Balaban J connectivity index is 2.22. The monoisotopic (exact) mass is 221 g/mol. The third-order valence-corrected chi connectivity index (χ3v) is 7.19. The molecule has 2 N–H and O–H groups in total. The van der Waals surface area contributed by atoms with E-state index in [4.69, 9.17) is 5.73 Å². The third kappa shape index (κ3) is 1.62. The van der Waals surface area contributed by atoms with Crippen LogP contribution in [0, 0.1) is 0 Å². The van der Waals surface area contributed by atoms with E-state index in [9.17, 15) is 8.42 Å². The van der Waals surface area contributed by atoms with Crippen molar-refractivity contribution in [3.05, 3.63) is 0 Å². The van der Waals surface area contributed by atoms with Crippen molar-refractivity contribution in [1.82, 2.24) is 0 Å². The van der Waals surface area contributed by atoms with E-state index in [1.807, 2.05) is 6.92 Å². The molecule has 0 aromatic carbocycles. The van der Waals surface area contributed by atoms with Crippen molar-refractivity contribution in [2.75, 3.05) is 11.5 Å². The molecule has 3 atom stereocenters. The maximum atomic E-state index is 11.6. The van der Waals surface area contributed by atoms with Gasteiger partial charge >= 0.3 is 0 Å². The maximum Gasteiger partial charge on any atom is 0.154 e. The van der Waals surface area contributed by atoms with Crippen LogP contribution in [0.1, 0.15) is 19.8 Å². The van der Waals surface area contributed by atoms with E-state index in [0.29, 0.717) is 5.75 Å². The fourth-order valence-corrected chi connectivity index (χ4v) is 6.48. The summed E-state index contributed by atoms with van der Waals surface area (Å²) in [5.74, 6) is 1.27. The van der Waals surface area contributed by atoms with Crippen molar-refractivity contribution in [3.8, 4) is 0 Å². The number of nitrogens with two attached hydrogens (primary N) is 1. The summed E-state index contributed by atoms with van der Waals surface area (Å²) >= 11 is 1.76. The molecule has 0 aromatic rings. The number of sulfone groups is 1. The molecule has 0 saturated carbocycles. The predicted molar refractivity (Wildman–Crippen MR) is 55.6 cm³/mol. The first-order valence-electron chi connectivity index (χ1n) is 4.55. The minimum Gasteiger partial charge on any atom is -0.327 e. The minimum absolute atomic E-state index is 0.0301. The Morgan fingerprint density at radius 3 is 2.54 bits per heavy atom. The zero-order valence-electron chi connectivity index (χ0n) is 7.69. The lowest BCUT2D eigenvalue weighted by Gasteiger charge is -2.19. The van der Waals surface area contributed by atoms with Crippen molar-refractivity contribution in [2.45, 2.75) is 35.8 Å². The van der Waals surface area contributed by atoms with Crippen LogP contribution in [0.15, 0.2) is 0 Å². The molecule has 1 spiro atoms. The first-order chi connectivity index (χ1) is 5.94. The fraction of sp³-hybridized carbons (Fsp3) is 1.00. The van der Waals surface area contributed by atoms with Crippen LogP contribution in [-0.4, -0.2) is 36.0 Å². The highest BCUT2D eigenvalue weighted by Crippen LogP contribution is 2.47. The Morgan fingerprint density at radius 1 is 1.46 bits per heavy atom. The molecule has 2 saturated heterocycles. The lowest BCUT2D eigenvalue weighted by molar-refractivity contribution is 0.551. The summed E-state index contributed by atoms with van der Waals surface area (Å²) in [6.45, 7) is 1.81. The van der Waals surface area contributed by atoms with Gasteiger partial charge in [-0.15, -0.1) is 0 Å². The van der Waals surface area contributed by atoms with Crippen LogP contribution >= 0.6 is 11.8 Å². The van der Waals surface area contributed by atoms with Crippen LogP contribution in [0.4, 0.5) is 0 Å². The molecule has 0 aromatic heterocycles. The minimum atomic E-state index is -2.82. The third-order valence-electron chi connectivity index (χ3n) is 2.97. The van der Waals surface area contributed by atoms with E-state index in [1.165, 1.54) is 0 Å².